The van der Waals surface area contributed by atoms with Crippen molar-refractivity contribution >= 4 is 23.6 Å². The molecule has 0 spiro atoms. The van der Waals surface area contributed by atoms with Crippen molar-refractivity contribution in [2.24, 2.45) is 5.16 Å². The van der Waals surface area contributed by atoms with Crippen LogP contribution in [0.4, 0.5) is 0 Å². The number of carboxylic acid groups (broad SMARTS) is 2. The number of hydrogen-bond acceptors (Lipinski definition) is 5. The van der Waals surface area contributed by atoms with Gasteiger partial charge in [0.15, 0.2) is 0 Å². The van der Waals surface area contributed by atoms with Gasteiger partial charge in [-0.3, -0.25) is 0 Å². The van der Waals surface area contributed by atoms with Gasteiger partial charge in [-0.15, -0.1) is 0 Å². The molecule has 0 amide bonds. The minimum atomic E-state index is -1.26. The molecule has 7 nitrogen and oxygen atoms in total. The summed E-state index contributed by atoms with van der Waals surface area (Å²) in [6.07, 6.45) is 9.59. The molecular weight excluding hydrogens is 314 g/mol. The van der Waals surface area contributed by atoms with E-state index in [0.717, 1.165) is 25.0 Å². The number of hydrogen-bond donors (Lipinski definition) is 2. The topological polar surface area (TPSA) is 113 Å². The van der Waals surface area contributed by atoms with Crippen LogP contribution in [0.15, 0.2) is 17.3 Å². The number of carboxylic acids is 2. The van der Waals surface area contributed by atoms with Crippen molar-refractivity contribution in [3.05, 3.63) is 12.2 Å². The average Bonchev–Trinajstić information content (AvgIpc) is 2.55. The van der Waals surface area contributed by atoms with E-state index in [1.165, 1.54) is 25.7 Å². The highest BCUT2D eigenvalue weighted by atomic mass is 16.7. The number of carbonyl (C=O) groups excluding carboxylic acids is 1. The summed E-state index contributed by atoms with van der Waals surface area (Å²) in [7, 11) is 0. The van der Waals surface area contributed by atoms with Crippen LogP contribution in [-0.4, -0.2) is 33.8 Å². The van der Waals surface area contributed by atoms with Crippen LogP contribution in [0, 0.1) is 0 Å². The summed E-state index contributed by atoms with van der Waals surface area (Å²) >= 11 is 0. The predicted octanol–water partition coefficient (Wildman–Crippen LogP) is 3.78. The van der Waals surface area contributed by atoms with Gasteiger partial charge in [0, 0.05) is 18.6 Å². The average molecular weight is 343 g/mol. The van der Waals surface area contributed by atoms with E-state index in [4.69, 9.17) is 15.1 Å². The van der Waals surface area contributed by atoms with Gasteiger partial charge in [0.1, 0.15) is 0 Å². The molecule has 0 radical (unpaired) electrons. The number of rotatable bonds is 11. The van der Waals surface area contributed by atoms with E-state index in [2.05, 4.69) is 12.1 Å². The van der Waals surface area contributed by atoms with Crippen LogP contribution >= 0.6 is 0 Å². The fraction of sp³-hybridized carbons (Fsp3) is 0.647. The molecule has 24 heavy (non-hydrogen) atoms. The van der Waals surface area contributed by atoms with Gasteiger partial charge in [-0.2, -0.15) is 0 Å². The Balaban J connectivity index is 0. The molecule has 0 fully saturated rings. The first-order valence-corrected chi connectivity index (χ1v) is 8.26. The normalized spacial score (nSPS) is 10.9. The van der Waals surface area contributed by atoms with Crippen molar-refractivity contribution in [2.45, 2.75) is 72.1 Å². The van der Waals surface area contributed by atoms with Gasteiger partial charge in [-0.1, -0.05) is 51.6 Å². The van der Waals surface area contributed by atoms with E-state index in [1.807, 2.05) is 6.92 Å². The monoisotopic (exact) mass is 343 g/mol. The molecular formula is C17H29NO6. The molecule has 0 saturated heterocycles. The van der Waals surface area contributed by atoms with Crippen molar-refractivity contribution < 1.29 is 29.4 Å². The largest absolute Gasteiger partial charge is 0.478 e. The lowest BCUT2D eigenvalue weighted by Gasteiger charge is -2.03. The lowest BCUT2D eigenvalue weighted by Crippen LogP contribution is -2.02. The third kappa shape index (κ3) is 19.8. The maximum atomic E-state index is 10.9. The first-order valence-electron chi connectivity index (χ1n) is 8.26. The summed E-state index contributed by atoms with van der Waals surface area (Å²) in [5.74, 6) is -2.77. The van der Waals surface area contributed by atoms with Crippen molar-refractivity contribution in [1.29, 1.82) is 0 Å². The first-order chi connectivity index (χ1) is 11.4. The van der Waals surface area contributed by atoms with E-state index in [1.54, 1.807) is 6.92 Å². The molecule has 0 aromatic heterocycles. The summed E-state index contributed by atoms with van der Waals surface area (Å²) < 4.78 is 0. The van der Waals surface area contributed by atoms with Gasteiger partial charge in [0.2, 0.25) is 0 Å². The lowest BCUT2D eigenvalue weighted by atomic mass is 10.1. The van der Waals surface area contributed by atoms with Gasteiger partial charge in [0.25, 0.3) is 0 Å². The molecule has 0 aromatic carbocycles. The molecule has 0 rings (SSSR count). The third-order valence-electron chi connectivity index (χ3n) is 2.91. The summed E-state index contributed by atoms with van der Waals surface area (Å²) in [6.45, 7) is 6.03. The molecule has 2 N–H and O–H groups in total. The van der Waals surface area contributed by atoms with Gasteiger partial charge >= 0.3 is 17.9 Å². The second-order valence-electron chi connectivity index (χ2n) is 5.00. The van der Waals surface area contributed by atoms with Crippen LogP contribution in [0.1, 0.15) is 72.1 Å². The van der Waals surface area contributed by atoms with Crippen LogP contribution in [0.5, 0.6) is 0 Å². The van der Waals surface area contributed by atoms with Crippen molar-refractivity contribution in [3.63, 3.8) is 0 Å². The molecule has 0 aliphatic heterocycles. The maximum Gasteiger partial charge on any atom is 0.334 e. The smallest absolute Gasteiger partial charge is 0.334 e. The second-order valence-corrected chi connectivity index (χ2v) is 5.00. The predicted molar refractivity (Wildman–Crippen MR) is 91.9 cm³/mol. The van der Waals surface area contributed by atoms with Crippen LogP contribution in [0.3, 0.4) is 0 Å². The molecule has 0 saturated carbocycles. The molecule has 0 heterocycles. The highest BCUT2D eigenvalue weighted by Gasteiger charge is 2.01. The Hall–Kier alpha value is -2.18. The molecule has 0 aromatic rings. The van der Waals surface area contributed by atoms with Gasteiger partial charge < -0.3 is 15.1 Å². The Labute approximate surface area is 143 Å². The van der Waals surface area contributed by atoms with Crippen molar-refractivity contribution in [1.82, 2.24) is 0 Å². The zero-order valence-electron chi connectivity index (χ0n) is 14.8. The Bertz CT molecular complexity index is 413. The van der Waals surface area contributed by atoms with Crippen LogP contribution < -0.4 is 0 Å². The van der Waals surface area contributed by atoms with E-state index >= 15 is 0 Å². The van der Waals surface area contributed by atoms with Gasteiger partial charge in [-0.05, 0) is 19.3 Å². The summed E-state index contributed by atoms with van der Waals surface area (Å²) in [4.78, 5) is 34.8. The first kappa shape index (κ1) is 24.1. The SMILES string of the molecule is CCCCCCCC(CC)=NOC(=O)CC.O=C(O)C=CC(=O)O. The van der Waals surface area contributed by atoms with Gasteiger partial charge in [0.05, 0.1) is 5.71 Å². The summed E-state index contributed by atoms with van der Waals surface area (Å²) in [5, 5.41) is 19.5. The quantitative estimate of drug-likeness (QED) is 0.194. The zero-order valence-corrected chi connectivity index (χ0v) is 14.8. The molecule has 0 atom stereocenters. The van der Waals surface area contributed by atoms with Crippen molar-refractivity contribution in [2.75, 3.05) is 0 Å². The van der Waals surface area contributed by atoms with E-state index < -0.39 is 11.9 Å². The van der Waals surface area contributed by atoms with E-state index in [0.29, 0.717) is 18.6 Å². The van der Waals surface area contributed by atoms with Gasteiger partial charge in [-0.25, -0.2) is 14.4 Å². The van der Waals surface area contributed by atoms with E-state index in [9.17, 15) is 14.4 Å². The zero-order chi connectivity index (χ0) is 18.8. The van der Waals surface area contributed by atoms with Crippen LogP contribution in [-0.2, 0) is 19.2 Å². The second kappa shape index (κ2) is 17.2. The minimum Gasteiger partial charge on any atom is -0.478 e. The lowest BCUT2D eigenvalue weighted by molar-refractivity contribution is -0.143. The third-order valence-corrected chi connectivity index (χ3v) is 2.91. The highest BCUT2D eigenvalue weighted by Crippen LogP contribution is 2.07. The number of aliphatic carboxylic acids is 2. The Kier molecular flexibility index (Phi) is 17.2. The maximum absolute atomic E-state index is 10.9. The summed E-state index contributed by atoms with van der Waals surface area (Å²) in [6, 6.07) is 0. The fourth-order valence-electron chi connectivity index (χ4n) is 1.54. The molecule has 7 heteroatoms. The highest BCUT2D eigenvalue weighted by molar-refractivity contribution is 5.89. The van der Waals surface area contributed by atoms with Crippen LogP contribution in [0.2, 0.25) is 0 Å². The Morgan fingerprint density at radius 1 is 0.875 bits per heavy atom. The Morgan fingerprint density at radius 2 is 1.42 bits per heavy atom. The number of nitrogens with zero attached hydrogens (tertiary/aromatic N) is 1. The van der Waals surface area contributed by atoms with E-state index in [-0.39, 0.29) is 5.97 Å². The number of carbonyl (C=O) groups is 3. The fourth-order valence-corrected chi connectivity index (χ4v) is 1.54. The molecule has 0 aliphatic rings. The number of unbranched alkanes of at least 4 members (excludes halogenated alkanes) is 4. The Morgan fingerprint density at radius 3 is 1.83 bits per heavy atom. The molecule has 0 aliphatic carbocycles. The molecule has 0 unspecified atom stereocenters. The molecule has 0 bridgehead atoms. The standard InChI is InChI=1S/C13H25NO2.C4H4O4/c1-4-7-8-9-10-11-12(5-2)14-16-13(15)6-3;5-3(6)1-2-4(7)8/h4-11H2,1-3H3;1-2H,(H,5,6)(H,7,8). The summed E-state index contributed by atoms with van der Waals surface area (Å²) in [5.41, 5.74) is 0.998. The van der Waals surface area contributed by atoms with Crippen LogP contribution in [0.25, 0.3) is 0 Å². The van der Waals surface area contributed by atoms with Crippen molar-refractivity contribution in [3.8, 4) is 0 Å². The minimum absolute atomic E-state index is 0.253. The molecule has 138 valence electrons. The number of oxime groups is 1.